The van der Waals surface area contributed by atoms with Crippen LogP contribution in [0.4, 0.5) is 0 Å². The number of aryl methyl sites for hydroxylation is 1. The molecule has 0 radical (unpaired) electrons. The minimum Gasteiger partial charge on any atom is -0.423 e. The van der Waals surface area contributed by atoms with Gasteiger partial charge in [0.15, 0.2) is 0 Å². The van der Waals surface area contributed by atoms with Gasteiger partial charge in [-0.25, -0.2) is 4.79 Å². The SMILES string of the molecule is Cc1c2ccccc2c(C(=O)Oc2ccccc2)c2ccccc12. The Morgan fingerprint density at radius 1 is 0.667 bits per heavy atom. The van der Waals surface area contributed by atoms with Crippen LogP contribution in [0.5, 0.6) is 5.75 Å². The molecule has 2 heteroatoms. The fourth-order valence-electron chi connectivity index (χ4n) is 3.21. The molecule has 24 heavy (non-hydrogen) atoms. The van der Waals surface area contributed by atoms with Crippen molar-refractivity contribution in [1.82, 2.24) is 0 Å². The van der Waals surface area contributed by atoms with Crippen molar-refractivity contribution in [3.63, 3.8) is 0 Å². The van der Waals surface area contributed by atoms with E-state index in [0.717, 1.165) is 21.5 Å². The van der Waals surface area contributed by atoms with Crippen LogP contribution in [0, 0.1) is 6.92 Å². The number of benzene rings is 4. The minimum absolute atomic E-state index is 0.325. The first-order valence-electron chi connectivity index (χ1n) is 7.93. The Morgan fingerprint density at radius 3 is 1.67 bits per heavy atom. The topological polar surface area (TPSA) is 26.3 Å². The van der Waals surface area contributed by atoms with E-state index in [-0.39, 0.29) is 5.97 Å². The zero-order valence-electron chi connectivity index (χ0n) is 13.3. The van der Waals surface area contributed by atoms with Gasteiger partial charge in [-0.05, 0) is 46.2 Å². The fraction of sp³-hybridized carbons (Fsp3) is 0.0455. The van der Waals surface area contributed by atoms with Gasteiger partial charge in [-0.2, -0.15) is 0 Å². The highest BCUT2D eigenvalue weighted by molar-refractivity contribution is 6.18. The van der Waals surface area contributed by atoms with Crippen LogP contribution in [0.3, 0.4) is 0 Å². The van der Waals surface area contributed by atoms with Crippen LogP contribution in [0.2, 0.25) is 0 Å². The van der Waals surface area contributed by atoms with Gasteiger partial charge in [0.2, 0.25) is 0 Å². The third kappa shape index (κ3) is 2.33. The second-order valence-corrected chi connectivity index (χ2v) is 5.79. The molecule has 116 valence electrons. The molecule has 0 heterocycles. The maximum atomic E-state index is 12.9. The molecule has 0 N–H and O–H groups in total. The van der Waals surface area contributed by atoms with Crippen molar-refractivity contribution in [2.24, 2.45) is 0 Å². The molecule has 0 unspecified atom stereocenters. The average molecular weight is 312 g/mol. The molecule has 4 aromatic carbocycles. The van der Waals surface area contributed by atoms with Crippen molar-refractivity contribution in [1.29, 1.82) is 0 Å². The molecule has 4 aromatic rings. The summed E-state index contributed by atoms with van der Waals surface area (Å²) in [4.78, 5) is 12.9. The monoisotopic (exact) mass is 312 g/mol. The molecule has 0 aliphatic heterocycles. The summed E-state index contributed by atoms with van der Waals surface area (Å²) in [7, 11) is 0. The van der Waals surface area contributed by atoms with Crippen LogP contribution in [-0.4, -0.2) is 5.97 Å². The van der Waals surface area contributed by atoms with E-state index in [2.05, 4.69) is 19.1 Å². The zero-order chi connectivity index (χ0) is 16.5. The normalized spacial score (nSPS) is 10.9. The van der Waals surface area contributed by atoms with Gasteiger partial charge >= 0.3 is 5.97 Å². The number of fused-ring (bicyclic) bond motifs is 2. The Bertz CT molecular complexity index is 992. The summed E-state index contributed by atoms with van der Waals surface area (Å²) in [6.07, 6.45) is 0. The van der Waals surface area contributed by atoms with Gasteiger partial charge in [0.25, 0.3) is 0 Å². The van der Waals surface area contributed by atoms with Gasteiger partial charge in [-0.1, -0.05) is 66.7 Å². The van der Waals surface area contributed by atoms with Crippen LogP contribution in [0.15, 0.2) is 78.9 Å². The lowest BCUT2D eigenvalue weighted by molar-refractivity contribution is 0.0739. The Balaban J connectivity index is 1.98. The summed E-state index contributed by atoms with van der Waals surface area (Å²) >= 11 is 0. The molecule has 0 saturated heterocycles. The minimum atomic E-state index is -0.325. The number of carbonyl (C=O) groups excluding carboxylic acids is 1. The summed E-state index contributed by atoms with van der Waals surface area (Å²) in [6.45, 7) is 2.09. The van der Waals surface area contributed by atoms with Crippen molar-refractivity contribution in [3.05, 3.63) is 90.0 Å². The summed E-state index contributed by atoms with van der Waals surface area (Å²) in [5.41, 5.74) is 1.80. The van der Waals surface area contributed by atoms with Crippen LogP contribution in [0.1, 0.15) is 15.9 Å². The summed E-state index contributed by atoms with van der Waals surface area (Å²) < 4.78 is 5.62. The van der Waals surface area contributed by atoms with E-state index in [4.69, 9.17) is 4.74 Å². The second-order valence-electron chi connectivity index (χ2n) is 5.79. The van der Waals surface area contributed by atoms with Crippen molar-refractivity contribution in [3.8, 4) is 5.75 Å². The van der Waals surface area contributed by atoms with E-state index in [9.17, 15) is 4.79 Å². The van der Waals surface area contributed by atoms with E-state index in [1.165, 1.54) is 5.56 Å². The Labute approximate surface area is 140 Å². The third-order valence-corrected chi connectivity index (χ3v) is 4.36. The molecule has 2 nitrogen and oxygen atoms in total. The standard InChI is InChI=1S/C22H16O2/c1-15-17-11-5-7-13-19(17)21(20-14-8-6-12-18(15)20)22(23)24-16-9-3-2-4-10-16/h2-14H,1H3. The molecular weight excluding hydrogens is 296 g/mol. The molecule has 0 saturated carbocycles. The van der Waals surface area contributed by atoms with Gasteiger partial charge in [-0.3, -0.25) is 0 Å². The third-order valence-electron chi connectivity index (χ3n) is 4.36. The quantitative estimate of drug-likeness (QED) is 0.277. The van der Waals surface area contributed by atoms with Gasteiger partial charge < -0.3 is 4.74 Å². The largest absolute Gasteiger partial charge is 0.423 e. The summed E-state index contributed by atoms with van der Waals surface area (Å²) in [5.74, 6) is 0.227. The van der Waals surface area contributed by atoms with Crippen molar-refractivity contribution in [2.45, 2.75) is 6.92 Å². The number of carbonyl (C=O) groups is 1. The van der Waals surface area contributed by atoms with E-state index in [0.29, 0.717) is 11.3 Å². The zero-order valence-corrected chi connectivity index (χ0v) is 13.3. The first-order valence-corrected chi connectivity index (χ1v) is 7.93. The molecule has 0 amide bonds. The lowest BCUT2D eigenvalue weighted by Crippen LogP contribution is -2.10. The maximum absolute atomic E-state index is 12.9. The summed E-state index contributed by atoms with van der Waals surface area (Å²) in [6, 6.07) is 25.2. The number of hydrogen-bond donors (Lipinski definition) is 0. The van der Waals surface area contributed by atoms with Gasteiger partial charge in [0.05, 0.1) is 5.56 Å². The Hall–Kier alpha value is -3.13. The maximum Gasteiger partial charge on any atom is 0.344 e. The lowest BCUT2D eigenvalue weighted by Gasteiger charge is -2.14. The van der Waals surface area contributed by atoms with Gasteiger partial charge in [-0.15, -0.1) is 0 Å². The van der Waals surface area contributed by atoms with E-state index < -0.39 is 0 Å². The Kier molecular flexibility index (Phi) is 3.51. The van der Waals surface area contributed by atoms with E-state index >= 15 is 0 Å². The highest BCUT2D eigenvalue weighted by Gasteiger charge is 2.18. The Morgan fingerprint density at radius 2 is 1.12 bits per heavy atom. The van der Waals surface area contributed by atoms with Crippen LogP contribution < -0.4 is 4.74 Å². The van der Waals surface area contributed by atoms with E-state index in [1.54, 1.807) is 12.1 Å². The predicted molar refractivity (Wildman–Crippen MR) is 97.6 cm³/mol. The van der Waals surface area contributed by atoms with E-state index in [1.807, 2.05) is 54.6 Å². The predicted octanol–water partition coefficient (Wildman–Crippen LogP) is 5.52. The molecule has 0 spiro atoms. The molecule has 4 rings (SSSR count). The van der Waals surface area contributed by atoms with Crippen molar-refractivity contribution >= 4 is 27.5 Å². The molecule has 0 fully saturated rings. The first kappa shape index (κ1) is 14.5. The fourth-order valence-corrected chi connectivity index (χ4v) is 3.21. The second kappa shape index (κ2) is 5.82. The van der Waals surface area contributed by atoms with Crippen LogP contribution in [-0.2, 0) is 0 Å². The molecule has 0 aliphatic carbocycles. The smallest absolute Gasteiger partial charge is 0.344 e. The highest BCUT2D eigenvalue weighted by Crippen LogP contribution is 2.33. The van der Waals surface area contributed by atoms with Crippen molar-refractivity contribution < 1.29 is 9.53 Å². The number of rotatable bonds is 2. The molecule has 0 atom stereocenters. The number of hydrogen-bond acceptors (Lipinski definition) is 2. The number of ether oxygens (including phenoxy) is 1. The highest BCUT2D eigenvalue weighted by atomic mass is 16.5. The molecule has 0 aliphatic rings. The van der Waals surface area contributed by atoms with Crippen LogP contribution in [0.25, 0.3) is 21.5 Å². The van der Waals surface area contributed by atoms with Gasteiger partial charge in [0.1, 0.15) is 5.75 Å². The molecule has 0 bridgehead atoms. The average Bonchev–Trinajstić information content (AvgIpc) is 2.63. The van der Waals surface area contributed by atoms with Crippen molar-refractivity contribution in [2.75, 3.05) is 0 Å². The molecular formula is C22H16O2. The number of esters is 1. The molecule has 0 aromatic heterocycles. The lowest BCUT2D eigenvalue weighted by atomic mass is 9.92. The number of para-hydroxylation sites is 1. The van der Waals surface area contributed by atoms with Crippen LogP contribution >= 0.6 is 0 Å². The summed E-state index contributed by atoms with van der Waals surface area (Å²) in [5, 5.41) is 4.01. The van der Waals surface area contributed by atoms with Gasteiger partial charge in [0, 0.05) is 0 Å². The first-order chi connectivity index (χ1) is 11.8.